The molecule has 1 amide bonds. The molecular formula is C27H24N4O2S. The Hall–Kier alpha value is -3.84. The molecule has 0 unspecified atom stereocenters. The zero-order valence-electron chi connectivity index (χ0n) is 18.6. The third-order valence-electron chi connectivity index (χ3n) is 5.59. The van der Waals surface area contributed by atoms with E-state index in [0.717, 1.165) is 18.0 Å². The number of nitrogens with zero attached hydrogens (tertiary/aromatic N) is 4. The lowest BCUT2D eigenvalue weighted by molar-refractivity contribution is 0.0747. The Morgan fingerprint density at radius 3 is 2.12 bits per heavy atom. The highest BCUT2D eigenvalue weighted by molar-refractivity contribution is 7.99. The molecule has 0 radical (unpaired) electrons. The van der Waals surface area contributed by atoms with Gasteiger partial charge in [-0.1, -0.05) is 48.2 Å². The van der Waals surface area contributed by atoms with Crippen LogP contribution in [0.25, 0.3) is 0 Å². The average Bonchev–Trinajstić information content (AvgIpc) is 2.91. The molecular weight excluding hydrogens is 444 g/mol. The number of rotatable bonds is 6. The van der Waals surface area contributed by atoms with E-state index in [0.29, 0.717) is 35.3 Å². The Balaban J connectivity index is 1.21. The summed E-state index contributed by atoms with van der Waals surface area (Å²) < 4.78 is 6.00. The molecule has 0 spiro atoms. The number of hydrogen-bond acceptors (Lipinski definition) is 6. The second-order valence-corrected chi connectivity index (χ2v) is 8.89. The molecule has 1 saturated heterocycles. The lowest BCUT2D eigenvalue weighted by Gasteiger charge is -2.36. The molecule has 34 heavy (non-hydrogen) atoms. The SMILES string of the molecule is O=C(c1ccc(Oc2nccnc2Sc2ccccc2)cc1)N1CCN(c2ccccc2)CC1. The Kier molecular flexibility index (Phi) is 6.72. The number of piperazine rings is 1. The van der Waals surface area contributed by atoms with Gasteiger partial charge in [-0.2, -0.15) is 0 Å². The van der Waals surface area contributed by atoms with E-state index in [2.05, 4.69) is 27.0 Å². The summed E-state index contributed by atoms with van der Waals surface area (Å²) >= 11 is 1.50. The Morgan fingerprint density at radius 1 is 0.765 bits per heavy atom. The minimum Gasteiger partial charge on any atom is -0.437 e. The van der Waals surface area contributed by atoms with Gasteiger partial charge in [0.05, 0.1) is 0 Å². The number of benzene rings is 3. The van der Waals surface area contributed by atoms with Crippen molar-refractivity contribution in [2.75, 3.05) is 31.1 Å². The zero-order valence-corrected chi connectivity index (χ0v) is 19.4. The van der Waals surface area contributed by atoms with E-state index in [-0.39, 0.29) is 5.91 Å². The quantitative estimate of drug-likeness (QED) is 0.379. The molecule has 5 rings (SSSR count). The van der Waals surface area contributed by atoms with E-state index < -0.39 is 0 Å². The Labute approximate surface area is 203 Å². The highest BCUT2D eigenvalue weighted by Gasteiger charge is 2.22. The van der Waals surface area contributed by atoms with Crippen LogP contribution >= 0.6 is 11.8 Å². The number of anilines is 1. The first-order valence-electron chi connectivity index (χ1n) is 11.2. The zero-order chi connectivity index (χ0) is 23.2. The summed E-state index contributed by atoms with van der Waals surface area (Å²) in [6, 6.07) is 27.5. The molecule has 2 heterocycles. The maximum Gasteiger partial charge on any atom is 0.253 e. The number of ether oxygens (including phenoxy) is 1. The summed E-state index contributed by atoms with van der Waals surface area (Å²) in [6.07, 6.45) is 3.26. The van der Waals surface area contributed by atoms with Gasteiger partial charge in [-0.3, -0.25) is 4.79 Å². The van der Waals surface area contributed by atoms with Crippen LogP contribution in [0, 0.1) is 0 Å². The molecule has 1 aromatic heterocycles. The fourth-order valence-corrected chi connectivity index (χ4v) is 4.63. The summed E-state index contributed by atoms with van der Waals surface area (Å²) in [5.74, 6) is 1.09. The predicted molar refractivity (Wildman–Crippen MR) is 134 cm³/mol. The maximum absolute atomic E-state index is 13.0. The lowest BCUT2D eigenvalue weighted by Crippen LogP contribution is -2.48. The largest absolute Gasteiger partial charge is 0.437 e. The number of hydrogen-bond donors (Lipinski definition) is 0. The molecule has 0 N–H and O–H groups in total. The molecule has 1 aliphatic heterocycles. The fourth-order valence-electron chi connectivity index (χ4n) is 3.82. The fraction of sp³-hybridized carbons (Fsp3) is 0.148. The summed E-state index contributed by atoms with van der Waals surface area (Å²) in [6.45, 7) is 3.05. The smallest absolute Gasteiger partial charge is 0.253 e. The van der Waals surface area contributed by atoms with E-state index in [1.54, 1.807) is 24.5 Å². The molecule has 170 valence electrons. The molecule has 7 heteroatoms. The van der Waals surface area contributed by atoms with Gasteiger partial charge < -0.3 is 14.5 Å². The van der Waals surface area contributed by atoms with E-state index in [1.807, 2.05) is 65.6 Å². The van der Waals surface area contributed by atoms with Gasteiger partial charge in [-0.25, -0.2) is 9.97 Å². The first-order chi connectivity index (χ1) is 16.8. The molecule has 0 saturated carbocycles. The van der Waals surface area contributed by atoms with Crippen LogP contribution in [-0.2, 0) is 0 Å². The molecule has 6 nitrogen and oxygen atoms in total. The van der Waals surface area contributed by atoms with Gasteiger partial charge in [-0.15, -0.1) is 0 Å². The van der Waals surface area contributed by atoms with Crippen LogP contribution in [0.2, 0.25) is 0 Å². The van der Waals surface area contributed by atoms with Crippen molar-refractivity contribution in [1.29, 1.82) is 0 Å². The number of carbonyl (C=O) groups excluding carboxylic acids is 1. The third-order valence-corrected chi connectivity index (χ3v) is 6.58. The Bertz CT molecular complexity index is 1230. The second-order valence-electron chi connectivity index (χ2n) is 7.82. The number of para-hydroxylation sites is 1. The van der Waals surface area contributed by atoms with Crippen molar-refractivity contribution in [3.05, 3.63) is 103 Å². The first kappa shape index (κ1) is 22.0. The van der Waals surface area contributed by atoms with Gasteiger partial charge in [0.2, 0.25) is 0 Å². The van der Waals surface area contributed by atoms with Gasteiger partial charge in [0.25, 0.3) is 11.8 Å². The van der Waals surface area contributed by atoms with Crippen LogP contribution < -0.4 is 9.64 Å². The van der Waals surface area contributed by atoms with Crippen LogP contribution in [0.1, 0.15) is 10.4 Å². The summed E-state index contributed by atoms with van der Waals surface area (Å²) in [7, 11) is 0. The molecule has 0 aliphatic carbocycles. The van der Waals surface area contributed by atoms with Gasteiger partial charge in [0.1, 0.15) is 5.75 Å². The van der Waals surface area contributed by atoms with Crippen molar-refractivity contribution in [2.24, 2.45) is 0 Å². The van der Waals surface area contributed by atoms with Gasteiger partial charge >= 0.3 is 0 Å². The number of carbonyl (C=O) groups is 1. The topological polar surface area (TPSA) is 58.6 Å². The highest BCUT2D eigenvalue weighted by Crippen LogP contribution is 2.33. The molecule has 0 atom stereocenters. The minimum absolute atomic E-state index is 0.0408. The van der Waals surface area contributed by atoms with Crippen molar-refractivity contribution in [3.8, 4) is 11.6 Å². The summed E-state index contributed by atoms with van der Waals surface area (Å²) in [4.78, 5) is 27.1. The first-order valence-corrected chi connectivity index (χ1v) is 12.0. The third kappa shape index (κ3) is 5.21. The summed E-state index contributed by atoms with van der Waals surface area (Å²) in [5.41, 5.74) is 1.85. The van der Waals surface area contributed by atoms with Crippen LogP contribution in [0.3, 0.4) is 0 Å². The van der Waals surface area contributed by atoms with Crippen LogP contribution in [0.15, 0.2) is 107 Å². The molecule has 0 bridgehead atoms. The minimum atomic E-state index is 0.0408. The van der Waals surface area contributed by atoms with Crippen molar-refractivity contribution in [1.82, 2.24) is 14.9 Å². The van der Waals surface area contributed by atoms with E-state index >= 15 is 0 Å². The van der Waals surface area contributed by atoms with Gasteiger partial charge in [0.15, 0.2) is 5.03 Å². The maximum atomic E-state index is 13.0. The van der Waals surface area contributed by atoms with Gasteiger partial charge in [-0.05, 0) is 48.5 Å². The number of aromatic nitrogens is 2. The Morgan fingerprint density at radius 2 is 1.41 bits per heavy atom. The van der Waals surface area contributed by atoms with Crippen LogP contribution in [-0.4, -0.2) is 47.0 Å². The van der Waals surface area contributed by atoms with Gasteiger partial charge in [0, 0.05) is 54.7 Å². The van der Waals surface area contributed by atoms with Crippen LogP contribution in [0.4, 0.5) is 5.69 Å². The number of amides is 1. The summed E-state index contributed by atoms with van der Waals surface area (Å²) in [5, 5.41) is 0.685. The van der Waals surface area contributed by atoms with Crippen molar-refractivity contribution in [2.45, 2.75) is 9.92 Å². The molecule has 3 aromatic carbocycles. The highest BCUT2D eigenvalue weighted by atomic mass is 32.2. The normalized spacial score (nSPS) is 13.5. The molecule has 4 aromatic rings. The van der Waals surface area contributed by atoms with Crippen molar-refractivity contribution < 1.29 is 9.53 Å². The standard InChI is InChI=1S/C27H24N4O2S/c32-27(31-19-17-30(18-20-31)22-7-3-1-4-8-22)21-11-13-23(14-12-21)33-25-26(29-16-15-28-25)34-24-9-5-2-6-10-24/h1-16H,17-20H2. The van der Waals surface area contributed by atoms with E-state index in [1.165, 1.54) is 17.4 Å². The predicted octanol–water partition coefficient (Wildman–Crippen LogP) is 5.38. The van der Waals surface area contributed by atoms with E-state index in [9.17, 15) is 4.79 Å². The lowest BCUT2D eigenvalue weighted by atomic mass is 10.1. The second kappa shape index (κ2) is 10.4. The monoisotopic (exact) mass is 468 g/mol. The average molecular weight is 469 g/mol. The van der Waals surface area contributed by atoms with E-state index in [4.69, 9.17) is 4.74 Å². The van der Waals surface area contributed by atoms with Crippen LogP contribution in [0.5, 0.6) is 11.6 Å². The molecule has 1 aliphatic rings. The van der Waals surface area contributed by atoms with Crippen molar-refractivity contribution in [3.63, 3.8) is 0 Å². The molecule has 1 fully saturated rings. The van der Waals surface area contributed by atoms with Crippen molar-refractivity contribution >= 4 is 23.4 Å².